The molecule has 4 saturated heterocycles. The molecule has 3 aromatic carbocycles. The van der Waals surface area contributed by atoms with Crippen LogP contribution in [0.25, 0.3) is 22.0 Å². The average molecular weight is 1030 g/mol. The van der Waals surface area contributed by atoms with Crippen molar-refractivity contribution in [3.8, 4) is 5.75 Å². The summed E-state index contributed by atoms with van der Waals surface area (Å²) in [6, 6.07) is 16.9. The standard InChI is InChI=1S/C52H62BrN10O6P/c1-5-32-29-42(57-51-54-31-39(53)49(59-51)56-41-15-14-40-38(12-10-34(6-2)55-40)48(41)70(67)27-7-8-28-70)44(68-4)30-43(32)63-21-18-35(19-22-63)62-25-23-61(24-26-62)20-17-33-9-11-36(37-13-16-45(64)58-50(37)65)47-46(33)60(3)52(66)69-47/h9-12,14-15,29-31,35,37H,5-8,13,16-28H2,1-4H3,(H,58,64,65)(H2,54,56,57,59). The molecular formula is C52H62BrN10O6P. The summed E-state index contributed by atoms with van der Waals surface area (Å²) in [5, 5.41) is 11.2. The maximum absolute atomic E-state index is 14.5. The minimum Gasteiger partial charge on any atom is -0.494 e. The molecule has 2 amide bonds. The van der Waals surface area contributed by atoms with Crippen molar-refractivity contribution in [2.45, 2.75) is 83.6 Å². The number of methoxy groups -OCH3 is 1. The Morgan fingerprint density at radius 3 is 2.40 bits per heavy atom. The summed E-state index contributed by atoms with van der Waals surface area (Å²) >= 11 is 3.68. The van der Waals surface area contributed by atoms with Crippen LogP contribution in [0.3, 0.4) is 0 Å². The summed E-state index contributed by atoms with van der Waals surface area (Å²) in [7, 11) is 0.759. The third kappa shape index (κ3) is 9.49. The second-order valence-corrected chi connectivity index (χ2v) is 23.1. The van der Waals surface area contributed by atoms with Crippen molar-refractivity contribution in [2.24, 2.45) is 7.05 Å². The van der Waals surface area contributed by atoms with Crippen LogP contribution in [0.15, 0.2) is 68.4 Å². The van der Waals surface area contributed by atoms with E-state index >= 15 is 0 Å². The number of piperidine rings is 2. The van der Waals surface area contributed by atoms with Gasteiger partial charge in [-0.3, -0.25) is 29.4 Å². The van der Waals surface area contributed by atoms with Gasteiger partial charge in [-0.15, -0.1) is 0 Å². The van der Waals surface area contributed by atoms with Crippen molar-refractivity contribution >= 4 is 91.0 Å². The number of oxazole rings is 1. The molecule has 16 nitrogen and oxygen atoms in total. The van der Waals surface area contributed by atoms with Crippen LogP contribution in [-0.4, -0.2) is 112 Å². The number of carbonyl (C=O) groups is 2. The normalized spacial score (nSPS) is 19.3. The predicted octanol–water partition coefficient (Wildman–Crippen LogP) is 7.98. The van der Waals surface area contributed by atoms with Gasteiger partial charge in [0.25, 0.3) is 0 Å². The van der Waals surface area contributed by atoms with E-state index < -0.39 is 18.8 Å². The number of carbonyl (C=O) groups excluding carboxylic acids is 2. The van der Waals surface area contributed by atoms with Gasteiger partial charge in [-0.1, -0.05) is 32.0 Å². The zero-order chi connectivity index (χ0) is 48.7. The fourth-order valence-corrected chi connectivity index (χ4v) is 14.8. The van der Waals surface area contributed by atoms with Gasteiger partial charge in [0.05, 0.1) is 39.9 Å². The highest BCUT2D eigenvalue weighted by molar-refractivity contribution is 9.10. The third-order valence-corrected chi connectivity index (χ3v) is 19.0. The number of halogens is 1. The number of nitrogens with zero attached hydrogens (tertiary/aromatic N) is 7. The predicted molar refractivity (Wildman–Crippen MR) is 280 cm³/mol. The van der Waals surface area contributed by atoms with E-state index in [1.54, 1.807) is 20.4 Å². The summed E-state index contributed by atoms with van der Waals surface area (Å²) in [4.78, 5) is 59.4. The number of amides is 2. The number of benzene rings is 3. The number of fused-ring (bicyclic) bond motifs is 2. The SMILES string of the molecule is CCc1ccc2c(P3(=O)CCCC3)c(Nc3nc(Nc4cc(CC)c(N5CCC(N6CCN(CCc7ccc(C8CCC(=O)NC8=O)c8oc(=O)n(C)c78)CC6)CC5)cc4OC)ncc3Br)ccc2n1. The molecule has 0 bridgehead atoms. The number of ether oxygens (including phenoxy) is 1. The van der Waals surface area contributed by atoms with E-state index in [-0.39, 0.29) is 18.2 Å². The molecule has 1 unspecified atom stereocenters. The molecule has 18 heteroatoms. The van der Waals surface area contributed by atoms with Crippen LogP contribution in [0.5, 0.6) is 5.75 Å². The molecule has 4 aliphatic heterocycles. The second kappa shape index (κ2) is 20.2. The number of hydrogen-bond donors (Lipinski definition) is 3. The summed E-state index contributed by atoms with van der Waals surface area (Å²) < 4.78 is 28.5. The van der Waals surface area contributed by atoms with Gasteiger partial charge in [-0.2, -0.15) is 4.98 Å². The molecule has 6 aromatic rings. The van der Waals surface area contributed by atoms with Crippen LogP contribution in [0, 0.1) is 0 Å². The Morgan fingerprint density at radius 2 is 1.67 bits per heavy atom. The van der Waals surface area contributed by atoms with E-state index in [9.17, 15) is 18.9 Å². The molecule has 368 valence electrons. The minimum absolute atomic E-state index is 0.260. The molecule has 4 aliphatic rings. The molecule has 4 fully saturated rings. The lowest BCUT2D eigenvalue weighted by Gasteiger charge is -2.43. The first-order valence-electron chi connectivity index (χ1n) is 24.9. The molecule has 7 heterocycles. The number of nitrogens with one attached hydrogen (secondary N) is 3. The lowest BCUT2D eigenvalue weighted by molar-refractivity contribution is -0.134. The van der Waals surface area contributed by atoms with Gasteiger partial charge in [0.1, 0.15) is 18.7 Å². The summed E-state index contributed by atoms with van der Waals surface area (Å²) in [5.74, 6) is 0.0853. The monoisotopic (exact) mass is 1030 g/mol. The molecule has 70 heavy (non-hydrogen) atoms. The fourth-order valence-electron chi connectivity index (χ4n) is 11.2. The van der Waals surface area contributed by atoms with Gasteiger partial charge < -0.3 is 34.2 Å². The van der Waals surface area contributed by atoms with Crippen molar-refractivity contribution in [3.63, 3.8) is 0 Å². The first kappa shape index (κ1) is 48.0. The van der Waals surface area contributed by atoms with E-state index in [4.69, 9.17) is 19.1 Å². The summed E-state index contributed by atoms with van der Waals surface area (Å²) in [5.41, 5.74) is 8.69. The van der Waals surface area contributed by atoms with Gasteiger partial charge in [0, 0.05) is 118 Å². The molecule has 1 atom stereocenters. The molecule has 0 radical (unpaired) electrons. The number of hydrogen-bond acceptors (Lipinski definition) is 14. The first-order valence-corrected chi connectivity index (χ1v) is 27.8. The van der Waals surface area contributed by atoms with Crippen molar-refractivity contribution in [2.75, 3.05) is 80.8 Å². The number of piperazine rings is 1. The Labute approximate surface area is 416 Å². The van der Waals surface area contributed by atoms with Gasteiger partial charge in [0.15, 0.2) is 5.58 Å². The highest BCUT2D eigenvalue weighted by Gasteiger charge is 2.35. The molecule has 0 spiro atoms. The van der Waals surface area contributed by atoms with Crippen molar-refractivity contribution in [3.05, 3.63) is 92.1 Å². The van der Waals surface area contributed by atoms with E-state index in [1.807, 2.05) is 30.3 Å². The van der Waals surface area contributed by atoms with E-state index in [1.165, 1.54) is 15.8 Å². The quantitative estimate of drug-likeness (QED) is 0.0706. The maximum Gasteiger partial charge on any atom is 0.419 e. The number of imide groups is 1. The lowest BCUT2D eigenvalue weighted by atomic mass is 9.89. The average Bonchev–Trinajstić information content (AvgIpc) is 3.96. The van der Waals surface area contributed by atoms with Crippen LogP contribution >= 0.6 is 23.1 Å². The molecular weight excluding hydrogens is 972 g/mol. The van der Waals surface area contributed by atoms with Crippen LogP contribution in [-0.2, 0) is 40.5 Å². The van der Waals surface area contributed by atoms with Crippen molar-refractivity contribution < 1.29 is 23.3 Å². The van der Waals surface area contributed by atoms with Gasteiger partial charge >= 0.3 is 5.76 Å². The maximum atomic E-state index is 14.5. The number of rotatable bonds is 14. The molecule has 3 N–H and O–H groups in total. The first-order chi connectivity index (χ1) is 33.9. The smallest absolute Gasteiger partial charge is 0.419 e. The van der Waals surface area contributed by atoms with Crippen molar-refractivity contribution in [1.29, 1.82) is 0 Å². The van der Waals surface area contributed by atoms with Crippen LogP contribution in [0.1, 0.15) is 80.7 Å². The Bertz CT molecular complexity index is 3080. The number of anilines is 5. The van der Waals surface area contributed by atoms with Gasteiger partial charge in [-0.05, 0) is 103 Å². The van der Waals surface area contributed by atoms with Gasteiger partial charge in [0.2, 0.25) is 17.8 Å². The summed E-state index contributed by atoms with van der Waals surface area (Å²) in [6.07, 6.45) is 10.3. The van der Waals surface area contributed by atoms with Crippen LogP contribution in [0.4, 0.5) is 28.8 Å². The molecule has 0 aliphatic carbocycles. The van der Waals surface area contributed by atoms with E-state index in [0.29, 0.717) is 57.9 Å². The summed E-state index contributed by atoms with van der Waals surface area (Å²) in [6.45, 7) is 11.0. The zero-order valence-corrected chi connectivity index (χ0v) is 43.0. The zero-order valence-electron chi connectivity index (χ0n) is 40.5. The van der Waals surface area contributed by atoms with E-state index in [2.05, 4.69) is 83.6 Å². The number of aromatic nitrogens is 4. The topological polar surface area (TPSA) is 180 Å². The Balaban J connectivity index is 0.771. The largest absolute Gasteiger partial charge is 0.494 e. The highest BCUT2D eigenvalue weighted by Crippen LogP contribution is 2.54. The third-order valence-electron chi connectivity index (χ3n) is 15.1. The highest BCUT2D eigenvalue weighted by atomic mass is 79.9. The van der Waals surface area contributed by atoms with Crippen molar-refractivity contribution in [1.82, 2.24) is 34.6 Å². The Morgan fingerprint density at radius 1 is 0.886 bits per heavy atom. The number of pyridine rings is 1. The Hall–Kier alpha value is -5.61. The molecule has 3 aromatic heterocycles. The van der Waals surface area contributed by atoms with Gasteiger partial charge in [-0.25, -0.2) is 9.78 Å². The minimum atomic E-state index is -2.65. The number of aryl methyl sites for hydroxylation is 3. The lowest BCUT2D eigenvalue weighted by Crippen LogP contribution is -2.53. The molecule has 10 rings (SSSR count). The fraction of sp³-hybridized carbons (Fsp3) is 0.462. The Kier molecular flexibility index (Phi) is 13.9. The second-order valence-electron chi connectivity index (χ2n) is 19.2. The van der Waals surface area contributed by atoms with Crippen LogP contribution in [0.2, 0.25) is 0 Å². The van der Waals surface area contributed by atoms with E-state index in [0.717, 1.165) is 135 Å². The molecule has 0 saturated carbocycles. The van der Waals surface area contributed by atoms with Crippen LogP contribution < -0.4 is 36.6 Å².